The number of carbonyl (C=O) groups is 1. The van der Waals surface area contributed by atoms with Crippen molar-refractivity contribution in [2.24, 2.45) is 0 Å². The Labute approximate surface area is 94.1 Å². The smallest absolute Gasteiger partial charge is 0.255 e. The van der Waals surface area contributed by atoms with Gasteiger partial charge in [0.15, 0.2) is 0 Å². The van der Waals surface area contributed by atoms with Crippen molar-refractivity contribution in [2.75, 3.05) is 19.3 Å². The predicted molar refractivity (Wildman–Crippen MR) is 63.0 cm³/mol. The zero-order valence-electron chi connectivity index (χ0n) is 8.53. The van der Waals surface area contributed by atoms with Crippen molar-refractivity contribution in [1.29, 1.82) is 0 Å². The van der Waals surface area contributed by atoms with Gasteiger partial charge in [0.05, 0.1) is 16.3 Å². The third kappa shape index (κ3) is 2.50. The van der Waals surface area contributed by atoms with Crippen LogP contribution in [0.4, 0.5) is 5.69 Å². The van der Waals surface area contributed by atoms with E-state index in [1.807, 2.05) is 0 Å². The van der Waals surface area contributed by atoms with Gasteiger partial charge in [-0.25, -0.2) is 0 Å². The van der Waals surface area contributed by atoms with Crippen LogP contribution in [0.3, 0.4) is 0 Å². The van der Waals surface area contributed by atoms with Crippen molar-refractivity contribution in [3.8, 4) is 0 Å². The van der Waals surface area contributed by atoms with Crippen LogP contribution in [0.5, 0.6) is 0 Å². The van der Waals surface area contributed by atoms with Crippen molar-refractivity contribution in [3.63, 3.8) is 0 Å². The van der Waals surface area contributed by atoms with Gasteiger partial charge in [-0.2, -0.15) is 0 Å². The number of nitrogens with two attached hydrogens (primary N) is 1. The Morgan fingerprint density at radius 3 is 2.93 bits per heavy atom. The molecule has 0 aliphatic heterocycles. The summed E-state index contributed by atoms with van der Waals surface area (Å²) in [5.41, 5.74) is 6.44. The van der Waals surface area contributed by atoms with Crippen LogP contribution in [-0.4, -0.2) is 24.4 Å². The summed E-state index contributed by atoms with van der Waals surface area (Å²) in [5, 5.41) is 0.304. The minimum atomic E-state index is -0.160. The standard InChI is InChI=1S/C11H13ClN2O/c1-3-7-14(2)11(15)8-5-4-6-9(13)10(8)12/h3-6H,1,7,13H2,2H3. The summed E-state index contributed by atoms with van der Waals surface area (Å²) >= 11 is 5.93. The second kappa shape index (κ2) is 4.84. The zero-order chi connectivity index (χ0) is 11.4. The average Bonchev–Trinajstić information content (AvgIpc) is 2.21. The minimum Gasteiger partial charge on any atom is -0.398 e. The summed E-state index contributed by atoms with van der Waals surface area (Å²) in [6.45, 7) is 4.04. The molecule has 0 heterocycles. The maximum atomic E-state index is 11.8. The molecule has 0 bridgehead atoms. The summed E-state index contributed by atoms with van der Waals surface area (Å²) in [4.78, 5) is 13.4. The quantitative estimate of drug-likeness (QED) is 0.632. The summed E-state index contributed by atoms with van der Waals surface area (Å²) < 4.78 is 0. The summed E-state index contributed by atoms with van der Waals surface area (Å²) in [5.74, 6) is -0.160. The molecule has 0 radical (unpaired) electrons. The number of anilines is 1. The van der Waals surface area contributed by atoms with E-state index in [0.717, 1.165) is 0 Å². The van der Waals surface area contributed by atoms with Gasteiger partial charge in [0.2, 0.25) is 0 Å². The lowest BCUT2D eigenvalue weighted by molar-refractivity contribution is 0.0810. The fraction of sp³-hybridized carbons (Fsp3) is 0.182. The molecule has 1 rings (SSSR count). The molecular weight excluding hydrogens is 212 g/mol. The Kier molecular flexibility index (Phi) is 3.74. The highest BCUT2D eigenvalue weighted by Gasteiger charge is 2.15. The summed E-state index contributed by atoms with van der Waals surface area (Å²) in [6.07, 6.45) is 1.65. The van der Waals surface area contributed by atoms with Crippen LogP contribution in [0.1, 0.15) is 10.4 Å². The number of hydrogen-bond donors (Lipinski definition) is 1. The molecule has 2 N–H and O–H groups in total. The van der Waals surface area contributed by atoms with Crippen LogP contribution in [0.2, 0.25) is 5.02 Å². The van der Waals surface area contributed by atoms with E-state index < -0.39 is 0 Å². The number of halogens is 1. The van der Waals surface area contributed by atoms with E-state index in [1.165, 1.54) is 4.90 Å². The van der Waals surface area contributed by atoms with E-state index in [-0.39, 0.29) is 5.91 Å². The number of likely N-dealkylation sites (N-methyl/N-ethyl adjacent to an activating group) is 1. The number of nitrogens with zero attached hydrogens (tertiary/aromatic N) is 1. The van der Waals surface area contributed by atoms with Gasteiger partial charge in [-0.3, -0.25) is 4.79 Å². The normalized spacial score (nSPS) is 9.73. The lowest BCUT2D eigenvalue weighted by atomic mass is 10.2. The van der Waals surface area contributed by atoms with Crippen molar-refractivity contribution < 1.29 is 4.79 Å². The van der Waals surface area contributed by atoms with Gasteiger partial charge in [-0.1, -0.05) is 23.7 Å². The molecule has 1 amide bonds. The van der Waals surface area contributed by atoms with Crippen molar-refractivity contribution in [2.45, 2.75) is 0 Å². The molecule has 0 saturated carbocycles. The van der Waals surface area contributed by atoms with E-state index in [1.54, 1.807) is 31.3 Å². The molecule has 0 fully saturated rings. The molecule has 0 atom stereocenters. The fourth-order valence-electron chi connectivity index (χ4n) is 1.20. The monoisotopic (exact) mass is 224 g/mol. The molecule has 0 aliphatic carbocycles. The molecule has 15 heavy (non-hydrogen) atoms. The number of hydrogen-bond acceptors (Lipinski definition) is 2. The van der Waals surface area contributed by atoms with Gasteiger partial charge in [-0.05, 0) is 12.1 Å². The molecule has 4 heteroatoms. The molecule has 0 aromatic heterocycles. The molecule has 80 valence electrons. The molecule has 0 spiro atoms. The first-order valence-corrected chi connectivity index (χ1v) is 4.86. The summed E-state index contributed by atoms with van der Waals surface area (Å²) in [6, 6.07) is 5.02. The van der Waals surface area contributed by atoms with Crippen molar-refractivity contribution in [3.05, 3.63) is 41.4 Å². The topological polar surface area (TPSA) is 46.3 Å². The fourth-order valence-corrected chi connectivity index (χ4v) is 1.40. The Morgan fingerprint density at radius 2 is 2.33 bits per heavy atom. The van der Waals surface area contributed by atoms with Gasteiger partial charge in [0.25, 0.3) is 5.91 Å². The first-order chi connectivity index (χ1) is 7.07. The Balaban J connectivity index is 3.01. The minimum absolute atomic E-state index is 0.160. The third-order valence-corrected chi connectivity index (χ3v) is 2.43. The van der Waals surface area contributed by atoms with E-state index >= 15 is 0 Å². The van der Waals surface area contributed by atoms with Crippen LogP contribution in [0, 0.1) is 0 Å². The molecular formula is C11H13ClN2O. The largest absolute Gasteiger partial charge is 0.398 e. The third-order valence-electron chi connectivity index (χ3n) is 2.01. The second-order valence-electron chi connectivity index (χ2n) is 3.18. The second-order valence-corrected chi connectivity index (χ2v) is 3.56. The molecule has 1 aromatic rings. The predicted octanol–water partition coefficient (Wildman–Crippen LogP) is 2.18. The maximum absolute atomic E-state index is 11.8. The van der Waals surface area contributed by atoms with Crippen molar-refractivity contribution in [1.82, 2.24) is 4.90 Å². The first-order valence-electron chi connectivity index (χ1n) is 4.48. The van der Waals surface area contributed by atoms with Crippen molar-refractivity contribution >= 4 is 23.2 Å². The number of rotatable bonds is 3. The Morgan fingerprint density at radius 1 is 1.67 bits per heavy atom. The molecule has 0 unspecified atom stereocenters. The molecule has 0 saturated heterocycles. The highest BCUT2D eigenvalue weighted by Crippen LogP contribution is 2.23. The molecule has 3 nitrogen and oxygen atoms in total. The first kappa shape index (κ1) is 11.6. The van der Waals surface area contributed by atoms with Gasteiger partial charge >= 0.3 is 0 Å². The highest BCUT2D eigenvalue weighted by atomic mass is 35.5. The molecule has 0 aliphatic rings. The van der Waals surface area contributed by atoms with Gasteiger partial charge in [-0.15, -0.1) is 6.58 Å². The van der Waals surface area contributed by atoms with E-state index in [9.17, 15) is 4.79 Å². The number of nitrogen functional groups attached to an aromatic ring is 1. The average molecular weight is 225 g/mol. The van der Waals surface area contributed by atoms with Crippen LogP contribution in [-0.2, 0) is 0 Å². The Bertz CT molecular complexity index is 390. The van der Waals surface area contributed by atoms with Crippen LogP contribution < -0.4 is 5.73 Å². The van der Waals surface area contributed by atoms with E-state index in [4.69, 9.17) is 17.3 Å². The summed E-state index contributed by atoms with van der Waals surface area (Å²) in [7, 11) is 1.68. The maximum Gasteiger partial charge on any atom is 0.255 e. The Hall–Kier alpha value is -1.48. The number of amides is 1. The van der Waals surface area contributed by atoms with Crippen LogP contribution in [0.15, 0.2) is 30.9 Å². The highest BCUT2D eigenvalue weighted by molar-refractivity contribution is 6.36. The van der Waals surface area contributed by atoms with E-state index in [0.29, 0.717) is 22.8 Å². The number of carbonyl (C=O) groups excluding carboxylic acids is 1. The van der Waals surface area contributed by atoms with Crippen LogP contribution in [0.25, 0.3) is 0 Å². The zero-order valence-corrected chi connectivity index (χ0v) is 9.29. The number of benzene rings is 1. The van der Waals surface area contributed by atoms with Crippen LogP contribution >= 0.6 is 11.6 Å². The lowest BCUT2D eigenvalue weighted by Crippen LogP contribution is -2.27. The molecule has 1 aromatic carbocycles. The van der Waals surface area contributed by atoms with E-state index in [2.05, 4.69) is 6.58 Å². The van der Waals surface area contributed by atoms with Gasteiger partial charge in [0.1, 0.15) is 0 Å². The lowest BCUT2D eigenvalue weighted by Gasteiger charge is -2.16. The SMILES string of the molecule is C=CCN(C)C(=O)c1cccc(N)c1Cl. The van der Waals surface area contributed by atoms with Gasteiger partial charge < -0.3 is 10.6 Å². The van der Waals surface area contributed by atoms with Gasteiger partial charge in [0, 0.05) is 13.6 Å².